The van der Waals surface area contributed by atoms with Gasteiger partial charge in [0.05, 0.1) is 0 Å². The zero-order valence-corrected chi connectivity index (χ0v) is 8.35. The van der Waals surface area contributed by atoms with Crippen molar-refractivity contribution in [2.45, 2.75) is 4.75 Å². The van der Waals surface area contributed by atoms with E-state index in [2.05, 4.69) is 0 Å². The summed E-state index contributed by atoms with van der Waals surface area (Å²) in [5, 5.41) is 0. The lowest BCUT2D eigenvalue weighted by Gasteiger charge is -2.17. The normalized spacial score (nSPS) is 12.1. The highest BCUT2D eigenvalue weighted by molar-refractivity contribution is 7.88. The second-order valence-corrected chi connectivity index (χ2v) is 4.50. The molecule has 1 N–H and O–H groups in total. The molecule has 0 heterocycles. The van der Waals surface area contributed by atoms with E-state index in [-0.39, 0.29) is 18.1 Å². The average molecular weight is 228 g/mol. The van der Waals surface area contributed by atoms with E-state index in [1.54, 1.807) is 6.07 Å². The van der Waals surface area contributed by atoms with E-state index in [1.165, 1.54) is 24.3 Å². The Morgan fingerprint density at radius 2 is 1.53 bits per heavy atom. The Labute approximate surface area is 86.5 Å². The Morgan fingerprint density at radius 3 is 1.87 bits per heavy atom. The molecule has 0 radical (unpaired) electrons. The first-order valence-corrected chi connectivity index (χ1v) is 5.37. The van der Waals surface area contributed by atoms with Gasteiger partial charge in [-0.1, -0.05) is 30.3 Å². The number of rotatable bonds is 4. The standard InChI is InChI=1S/C9H8O5S/c10-6-9(7-11,15(12,13)14)8-4-2-1-3-5-8/h1-7H,(H,12,13,14). The predicted molar refractivity (Wildman–Crippen MR) is 51.8 cm³/mol. The smallest absolute Gasteiger partial charge is 0.288 e. The lowest BCUT2D eigenvalue weighted by molar-refractivity contribution is -0.118. The first-order chi connectivity index (χ1) is 6.98. The molecule has 1 rings (SSSR count). The van der Waals surface area contributed by atoms with Crippen LogP contribution in [0.5, 0.6) is 0 Å². The number of hydrogen-bond acceptors (Lipinski definition) is 4. The minimum absolute atomic E-state index is 0.0856. The summed E-state index contributed by atoms with van der Waals surface area (Å²) in [6.07, 6.45) is -0.185. The maximum Gasteiger partial charge on any atom is 0.288 e. The maximum absolute atomic E-state index is 11.0. The maximum atomic E-state index is 11.0. The van der Waals surface area contributed by atoms with Gasteiger partial charge in [-0.05, 0) is 5.56 Å². The molecule has 80 valence electrons. The Hall–Kier alpha value is -1.53. The molecule has 0 atom stereocenters. The van der Waals surface area contributed by atoms with Crippen LogP contribution in [-0.4, -0.2) is 25.5 Å². The molecular formula is C9H8O5S. The molecule has 5 nitrogen and oxygen atoms in total. The van der Waals surface area contributed by atoms with Gasteiger partial charge in [-0.2, -0.15) is 8.42 Å². The molecule has 0 bridgehead atoms. The third kappa shape index (κ3) is 1.81. The van der Waals surface area contributed by atoms with Gasteiger partial charge in [0.2, 0.25) is 4.75 Å². The molecule has 1 aromatic rings. The highest BCUT2D eigenvalue weighted by atomic mass is 32.2. The fraction of sp³-hybridized carbons (Fsp3) is 0.111. The van der Waals surface area contributed by atoms with Crippen molar-refractivity contribution in [3.8, 4) is 0 Å². The fourth-order valence-corrected chi connectivity index (χ4v) is 1.81. The Balaban J connectivity index is 3.51. The van der Waals surface area contributed by atoms with Gasteiger partial charge in [-0.3, -0.25) is 4.55 Å². The molecule has 0 amide bonds. The van der Waals surface area contributed by atoms with E-state index in [0.717, 1.165) is 0 Å². The summed E-state index contributed by atoms with van der Waals surface area (Å²) in [5.74, 6) is 0. The number of carbonyl (C=O) groups excluding carboxylic acids is 2. The van der Waals surface area contributed by atoms with Gasteiger partial charge in [0, 0.05) is 0 Å². The summed E-state index contributed by atoms with van der Waals surface area (Å²) in [6, 6.07) is 7.06. The predicted octanol–water partition coefficient (Wildman–Crippen LogP) is 0.168. The molecule has 15 heavy (non-hydrogen) atoms. The van der Waals surface area contributed by atoms with E-state index in [0.29, 0.717) is 0 Å². The van der Waals surface area contributed by atoms with E-state index >= 15 is 0 Å². The third-order valence-corrected chi connectivity index (χ3v) is 3.28. The number of aldehydes is 2. The van der Waals surface area contributed by atoms with Crippen LogP contribution in [0.3, 0.4) is 0 Å². The van der Waals surface area contributed by atoms with E-state index < -0.39 is 14.9 Å². The van der Waals surface area contributed by atoms with Crippen LogP contribution < -0.4 is 0 Å². The van der Waals surface area contributed by atoms with Crippen LogP contribution in [0, 0.1) is 0 Å². The molecule has 0 aliphatic carbocycles. The fourth-order valence-electron chi connectivity index (χ4n) is 1.13. The summed E-state index contributed by atoms with van der Waals surface area (Å²) in [6.45, 7) is 0. The topological polar surface area (TPSA) is 88.5 Å². The van der Waals surface area contributed by atoms with Gasteiger partial charge < -0.3 is 9.59 Å². The monoisotopic (exact) mass is 228 g/mol. The second-order valence-electron chi connectivity index (χ2n) is 2.87. The Morgan fingerprint density at radius 1 is 1.07 bits per heavy atom. The molecule has 0 unspecified atom stereocenters. The quantitative estimate of drug-likeness (QED) is 0.450. The van der Waals surface area contributed by atoms with Crippen molar-refractivity contribution in [1.82, 2.24) is 0 Å². The van der Waals surface area contributed by atoms with Crippen LogP contribution >= 0.6 is 0 Å². The molecule has 0 saturated heterocycles. The number of hydrogen-bond donors (Lipinski definition) is 1. The Bertz CT molecular complexity index is 455. The third-order valence-electron chi connectivity index (χ3n) is 2.00. The highest BCUT2D eigenvalue weighted by Gasteiger charge is 2.45. The lowest BCUT2D eigenvalue weighted by Crippen LogP contribution is -2.38. The van der Waals surface area contributed by atoms with Crippen LogP contribution in [0.4, 0.5) is 0 Å². The van der Waals surface area contributed by atoms with Crippen LogP contribution in [-0.2, 0) is 24.5 Å². The zero-order chi connectivity index (χ0) is 11.5. The highest BCUT2D eigenvalue weighted by Crippen LogP contribution is 2.25. The minimum atomic E-state index is -4.82. The number of benzene rings is 1. The second kappa shape index (κ2) is 3.92. The van der Waals surface area contributed by atoms with Crippen LogP contribution in [0.1, 0.15) is 5.56 Å². The summed E-state index contributed by atoms with van der Waals surface area (Å²) < 4.78 is 28.4. The molecule has 1 aromatic carbocycles. The van der Waals surface area contributed by atoms with Crippen molar-refractivity contribution in [2.75, 3.05) is 0 Å². The van der Waals surface area contributed by atoms with Gasteiger partial charge in [0.15, 0.2) is 12.6 Å². The van der Waals surface area contributed by atoms with E-state index in [1.807, 2.05) is 0 Å². The average Bonchev–Trinajstić information content (AvgIpc) is 2.20. The summed E-state index contributed by atoms with van der Waals surface area (Å²) in [4.78, 5) is 21.5. The van der Waals surface area contributed by atoms with Crippen LogP contribution in [0.15, 0.2) is 30.3 Å². The largest absolute Gasteiger partial charge is 0.301 e. The van der Waals surface area contributed by atoms with E-state index in [4.69, 9.17) is 4.55 Å². The molecule has 6 heteroatoms. The molecular weight excluding hydrogens is 220 g/mol. The molecule has 0 spiro atoms. The van der Waals surface area contributed by atoms with Gasteiger partial charge in [-0.15, -0.1) is 0 Å². The van der Waals surface area contributed by atoms with Crippen molar-refractivity contribution < 1.29 is 22.6 Å². The zero-order valence-electron chi connectivity index (χ0n) is 7.53. The van der Waals surface area contributed by atoms with Crippen molar-refractivity contribution >= 4 is 22.7 Å². The Kier molecular flexibility index (Phi) is 3.01. The summed E-state index contributed by atoms with van der Waals surface area (Å²) >= 11 is 0. The summed E-state index contributed by atoms with van der Waals surface area (Å²) in [5.41, 5.74) is -0.0856. The summed E-state index contributed by atoms with van der Waals surface area (Å²) in [7, 11) is -4.82. The van der Waals surface area contributed by atoms with Crippen molar-refractivity contribution in [3.63, 3.8) is 0 Å². The first kappa shape index (κ1) is 11.5. The molecule has 0 aromatic heterocycles. The van der Waals surface area contributed by atoms with Gasteiger partial charge in [-0.25, -0.2) is 0 Å². The van der Waals surface area contributed by atoms with Gasteiger partial charge in [0.1, 0.15) is 0 Å². The van der Waals surface area contributed by atoms with Gasteiger partial charge >= 0.3 is 0 Å². The molecule has 0 aliphatic heterocycles. The SMILES string of the molecule is O=CC(C=O)(c1ccccc1)S(=O)(=O)O. The molecule has 0 aliphatic rings. The van der Waals surface area contributed by atoms with Gasteiger partial charge in [0.25, 0.3) is 10.1 Å². The van der Waals surface area contributed by atoms with E-state index in [9.17, 15) is 18.0 Å². The van der Waals surface area contributed by atoms with Crippen molar-refractivity contribution in [2.24, 2.45) is 0 Å². The molecule has 0 fully saturated rings. The lowest BCUT2D eigenvalue weighted by atomic mass is 10.0. The van der Waals surface area contributed by atoms with Crippen molar-refractivity contribution in [3.05, 3.63) is 35.9 Å². The van der Waals surface area contributed by atoms with Crippen molar-refractivity contribution in [1.29, 1.82) is 0 Å². The first-order valence-electron chi connectivity index (χ1n) is 3.93. The number of carbonyl (C=O) groups is 2. The van der Waals surface area contributed by atoms with Crippen LogP contribution in [0.25, 0.3) is 0 Å². The minimum Gasteiger partial charge on any atom is -0.301 e. The van der Waals surface area contributed by atoms with Crippen LogP contribution in [0.2, 0.25) is 0 Å². The molecule has 0 saturated carbocycles.